The highest BCUT2D eigenvalue weighted by Crippen LogP contribution is 2.27. The zero-order chi connectivity index (χ0) is 14.7. The van der Waals surface area contributed by atoms with Crippen molar-refractivity contribution in [3.63, 3.8) is 0 Å². The Kier molecular flexibility index (Phi) is 4.15. The molecule has 0 bridgehead atoms. The summed E-state index contributed by atoms with van der Waals surface area (Å²) >= 11 is 5.89. The maximum Gasteiger partial charge on any atom is 0.259 e. The minimum absolute atomic E-state index is 0.0133. The summed E-state index contributed by atoms with van der Waals surface area (Å²) in [6, 6.07) is 9.78. The van der Waals surface area contributed by atoms with E-state index in [4.69, 9.17) is 16.3 Å². The lowest BCUT2D eigenvalue weighted by atomic mass is 10.1. The summed E-state index contributed by atoms with van der Waals surface area (Å²) in [5.41, 5.74) is 1.54. The molecule has 2 aromatic rings. The van der Waals surface area contributed by atoms with Crippen molar-refractivity contribution < 1.29 is 14.6 Å². The minimum Gasteiger partial charge on any atom is -0.506 e. The number of phenols is 1. The van der Waals surface area contributed by atoms with Crippen molar-refractivity contribution in [1.29, 1.82) is 0 Å². The minimum atomic E-state index is -0.400. The number of aromatic hydroxyl groups is 1. The standard InChI is InChI=1S/C15H14ClNO3/c1-9-3-5-12(13(18)7-9)17-15(19)11-8-10(16)4-6-14(11)20-2/h3-8,18H,1-2H3,(H,17,19). The fourth-order valence-corrected chi connectivity index (χ4v) is 1.97. The maximum atomic E-state index is 12.2. The molecule has 2 N–H and O–H groups in total. The summed E-state index contributed by atoms with van der Waals surface area (Å²) in [5, 5.41) is 12.9. The van der Waals surface area contributed by atoms with Crippen LogP contribution in [0.15, 0.2) is 36.4 Å². The summed E-state index contributed by atoms with van der Waals surface area (Å²) in [4.78, 5) is 12.2. The highest BCUT2D eigenvalue weighted by atomic mass is 35.5. The van der Waals surface area contributed by atoms with Crippen molar-refractivity contribution in [2.45, 2.75) is 6.92 Å². The van der Waals surface area contributed by atoms with Crippen molar-refractivity contribution in [2.75, 3.05) is 12.4 Å². The molecule has 0 atom stereocenters. The topological polar surface area (TPSA) is 58.6 Å². The number of hydrogen-bond donors (Lipinski definition) is 2. The number of methoxy groups -OCH3 is 1. The first-order valence-electron chi connectivity index (χ1n) is 5.96. The third-order valence-electron chi connectivity index (χ3n) is 2.81. The van der Waals surface area contributed by atoms with E-state index in [-0.39, 0.29) is 5.75 Å². The number of phenolic OH excluding ortho intramolecular Hbond substituents is 1. The number of carbonyl (C=O) groups excluding carboxylic acids is 1. The Bertz CT molecular complexity index is 656. The van der Waals surface area contributed by atoms with Crippen LogP contribution in [-0.4, -0.2) is 18.1 Å². The second-order valence-electron chi connectivity index (χ2n) is 4.32. The zero-order valence-corrected chi connectivity index (χ0v) is 11.9. The number of nitrogens with one attached hydrogen (secondary N) is 1. The number of benzene rings is 2. The van der Waals surface area contributed by atoms with Crippen LogP contribution in [0, 0.1) is 6.92 Å². The van der Waals surface area contributed by atoms with Crippen molar-refractivity contribution in [2.24, 2.45) is 0 Å². The Labute approximate surface area is 122 Å². The average Bonchev–Trinajstić information content (AvgIpc) is 2.41. The van der Waals surface area contributed by atoms with Gasteiger partial charge in [-0.1, -0.05) is 17.7 Å². The van der Waals surface area contributed by atoms with Gasteiger partial charge in [-0.25, -0.2) is 0 Å². The first-order valence-corrected chi connectivity index (χ1v) is 6.33. The SMILES string of the molecule is COc1ccc(Cl)cc1C(=O)Nc1ccc(C)cc1O. The Hall–Kier alpha value is -2.20. The average molecular weight is 292 g/mol. The second-order valence-corrected chi connectivity index (χ2v) is 4.76. The predicted octanol–water partition coefficient (Wildman–Crippen LogP) is 3.61. The summed E-state index contributed by atoms with van der Waals surface area (Å²) < 4.78 is 5.13. The third kappa shape index (κ3) is 3.03. The quantitative estimate of drug-likeness (QED) is 0.849. The Morgan fingerprint density at radius 3 is 2.65 bits per heavy atom. The highest BCUT2D eigenvalue weighted by molar-refractivity contribution is 6.31. The zero-order valence-electron chi connectivity index (χ0n) is 11.1. The number of ether oxygens (including phenoxy) is 1. The molecule has 20 heavy (non-hydrogen) atoms. The second kappa shape index (κ2) is 5.84. The van der Waals surface area contributed by atoms with Gasteiger partial charge < -0.3 is 15.2 Å². The monoisotopic (exact) mass is 291 g/mol. The fraction of sp³-hybridized carbons (Fsp3) is 0.133. The number of rotatable bonds is 3. The summed E-state index contributed by atoms with van der Waals surface area (Å²) in [6.07, 6.45) is 0. The molecule has 0 aliphatic rings. The molecular formula is C15H14ClNO3. The van der Waals surface area contributed by atoms with E-state index >= 15 is 0 Å². The van der Waals surface area contributed by atoms with Crippen LogP contribution in [0.2, 0.25) is 5.02 Å². The van der Waals surface area contributed by atoms with Gasteiger partial charge in [0.25, 0.3) is 5.91 Å². The predicted molar refractivity (Wildman–Crippen MR) is 78.8 cm³/mol. The molecular weight excluding hydrogens is 278 g/mol. The Morgan fingerprint density at radius 1 is 1.25 bits per heavy atom. The van der Waals surface area contributed by atoms with Crippen LogP contribution in [0.5, 0.6) is 11.5 Å². The number of carbonyl (C=O) groups is 1. The third-order valence-corrected chi connectivity index (χ3v) is 3.04. The molecule has 1 amide bonds. The van der Waals surface area contributed by atoms with E-state index in [1.807, 2.05) is 6.92 Å². The Morgan fingerprint density at radius 2 is 2.00 bits per heavy atom. The van der Waals surface area contributed by atoms with E-state index in [9.17, 15) is 9.90 Å². The highest BCUT2D eigenvalue weighted by Gasteiger charge is 2.14. The molecule has 0 spiro atoms. The van der Waals surface area contributed by atoms with Gasteiger partial charge >= 0.3 is 0 Å². The molecule has 0 unspecified atom stereocenters. The molecule has 104 valence electrons. The van der Waals surface area contributed by atoms with Gasteiger partial charge in [0.05, 0.1) is 18.4 Å². The van der Waals surface area contributed by atoms with Crippen LogP contribution in [0.1, 0.15) is 15.9 Å². The summed E-state index contributed by atoms with van der Waals surface area (Å²) in [5.74, 6) is 0.0290. The lowest BCUT2D eigenvalue weighted by Crippen LogP contribution is -2.13. The lowest BCUT2D eigenvalue weighted by molar-refractivity contribution is 0.102. The molecule has 0 saturated carbocycles. The smallest absolute Gasteiger partial charge is 0.259 e. The van der Waals surface area contributed by atoms with Crippen LogP contribution in [0.3, 0.4) is 0 Å². The van der Waals surface area contributed by atoms with Crippen LogP contribution < -0.4 is 10.1 Å². The molecule has 2 aromatic carbocycles. The van der Waals surface area contributed by atoms with E-state index in [1.54, 1.807) is 30.3 Å². The van der Waals surface area contributed by atoms with Gasteiger partial charge in [-0.2, -0.15) is 0 Å². The molecule has 0 aliphatic carbocycles. The number of amides is 1. The molecule has 5 heteroatoms. The number of hydrogen-bond acceptors (Lipinski definition) is 3. The summed E-state index contributed by atoms with van der Waals surface area (Å²) in [7, 11) is 1.48. The van der Waals surface area contributed by atoms with Gasteiger partial charge in [0.2, 0.25) is 0 Å². The normalized spacial score (nSPS) is 10.2. The van der Waals surface area contributed by atoms with Crippen molar-refractivity contribution in [3.05, 3.63) is 52.5 Å². The first kappa shape index (κ1) is 14.2. The van der Waals surface area contributed by atoms with Gasteiger partial charge in [-0.05, 0) is 42.8 Å². The van der Waals surface area contributed by atoms with E-state index in [0.29, 0.717) is 22.0 Å². The van der Waals surface area contributed by atoms with E-state index in [1.165, 1.54) is 13.2 Å². The van der Waals surface area contributed by atoms with Crippen LogP contribution >= 0.6 is 11.6 Å². The molecule has 0 radical (unpaired) electrons. The largest absolute Gasteiger partial charge is 0.506 e. The molecule has 0 fully saturated rings. The van der Waals surface area contributed by atoms with Crippen molar-refractivity contribution in [1.82, 2.24) is 0 Å². The molecule has 0 aliphatic heterocycles. The lowest BCUT2D eigenvalue weighted by Gasteiger charge is -2.11. The molecule has 0 heterocycles. The van der Waals surface area contributed by atoms with E-state index in [2.05, 4.69) is 5.32 Å². The van der Waals surface area contributed by atoms with Gasteiger partial charge in [0.15, 0.2) is 0 Å². The van der Waals surface area contributed by atoms with E-state index < -0.39 is 5.91 Å². The first-order chi connectivity index (χ1) is 9.51. The molecule has 4 nitrogen and oxygen atoms in total. The van der Waals surface area contributed by atoms with Crippen LogP contribution in [0.25, 0.3) is 0 Å². The number of anilines is 1. The van der Waals surface area contributed by atoms with Gasteiger partial charge in [-0.15, -0.1) is 0 Å². The Balaban J connectivity index is 2.30. The van der Waals surface area contributed by atoms with Gasteiger partial charge in [0, 0.05) is 5.02 Å². The molecule has 0 aromatic heterocycles. The van der Waals surface area contributed by atoms with Crippen LogP contribution in [-0.2, 0) is 0 Å². The van der Waals surface area contributed by atoms with Crippen molar-refractivity contribution >= 4 is 23.2 Å². The molecule has 2 rings (SSSR count). The van der Waals surface area contributed by atoms with Crippen LogP contribution in [0.4, 0.5) is 5.69 Å². The van der Waals surface area contributed by atoms with E-state index in [0.717, 1.165) is 5.56 Å². The van der Waals surface area contributed by atoms with Gasteiger partial charge in [0.1, 0.15) is 11.5 Å². The number of aryl methyl sites for hydroxylation is 1. The number of halogens is 1. The molecule has 0 saturated heterocycles. The summed E-state index contributed by atoms with van der Waals surface area (Å²) in [6.45, 7) is 1.85. The maximum absolute atomic E-state index is 12.2. The van der Waals surface area contributed by atoms with Gasteiger partial charge in [-0.3, -0.25) is 4.79 Å². The van der Waals surface area contributed by atoms with Crippen molar-refractivity contribution in [3.8, 4) is 11.5 Å². The fourth-order valence-electron chi connectivity index (χ4n) is 1.79.